The first-order valence-corrected chi connectivity index (χ1v) is 3.85. The zero-order valence-electron chi connectivity index (χ0n) is 6.10. The molecule has 54 valence electrons. The molecule has 1 heteroatoms. The molecule has 1 aliphatic carbocycles. The maximum absolute atomic E-state index is 9.81. The fraction of sp³-hybridized carbons (Fsp3) is 0.667. The molecule has 0 atom stereocenters. The highest BCUT2D eigenvalue weighted by Gasteiger charge is 2.12. The van der Waals surface area contributed by atoms with Crippen LogP contribution >= 0.6 is 0 Å². The molecule has 0 aromatic carbocycles. The van der Waals surface area contributed by atoms with Gasteiger partial charge in [-0.25, -0.2) is 0 Å². The van der Waals surface area contributed by atoms with Crippen LogP contribution in [0.4, 0.5) is 0 Å². The Morgan fingerprint density at radius 2 is 2.10 bits per heavy atom. The summed E-state index contributed by atoms with van der Waals surface area (Å²) in [7, 11) is 0. The monoisotopic (exact) mass is 136 g/mol. The van der Waals surface area contributed by atoms with Gasteiger partial charge in [0.25, 0.3) is 0 Å². The topological polar surface area (TPSA) is 17.1 Å². The first kappa shape index (κ1) is 7.34. The summed E-state index contributed by atoms with van der Waals surface area (Å²) in [6.07, 6.45) is 6.94. The van der Waals surface area contributed by atoms with Gasteiger partial charge in [0.2, 0.25) is 0 Å². The van der Waals surface area contributed by atoms with Crippen LogP contribution in [0.5, 0.6) is 0 Å². The van der Waals surface area contributed by atoms with Crippen LogP contribution in [0.1, 0.15) is 32.1 Å². The molecular formula is C9H12O. The Morgan fingerprint density at radius 1 is 1.40 bits per heavy atom. The molecule has 1 rings (SSSR count). The summed E-state index contributed by atoms with van der Waals surface area (Å²) < 4.78 is 0. The van der Waals surface area contributed by atoms with E-state index in [1.54, 1.807) is 0 Å². The van der Waals surface area contributed by atoms with Crippen LogP contribution in [0.3, 0.4) is 0 Å². The van der Waals surface area contributed by atoms with E-state index in [-0.39, 0.29) is 0 Å². The molecule has 1 fully saturated rings. The standard InChI is InChI=1S/C9H12O/c10-8-4-3-7-9-5-1-2-6-9/h8-9H,1-2,5-7H2. The van der Waals surface area contributed by atoms with E-state index >= 15 is 0 Å². The van der Waals surface area contributed by atoms with E-state index in [0.29, 0.717) is 6.29 Å². The van der Waals surface area contributed by atoms with Gasteiger partial charge in [-0.15, -0.1) is 0 Å². The van der Waals surface area contributed by atoms with Gasteiger partial charge in [0.05, 0.1) is 0 Å². The number of hydrogen-bond donors (Lipinski definition) is 0. The second-order valence-corrected chi connectivity index (χ2v) is 2.79. The lowest BCUT2D eigenvalue weighted by molar-refractivity contribution is -0.103. The Balaban J connectivity index is 2.18. The highest BCUT2D eigenvalue weighted by molar-refractivity contribution is 5.72. The van der Waals surface area contributed by atoms with E-state index in [2.05, 4.69) is 11.8 Å². The summed E-state index contributed by atoms with van der Waals surface area (Å²) in [5.41, 5.74) is 0. The third-order valence-corrected chi connectivity index (χ3v) is 2.03. The van der Waals surface area contributed by atoms with Crippen molar-refractivity contribution in [2.45, 2.75) is 32.1 Å². The lowest BCUT2D eigenvalue weighted by atomic mass is 10.1. The molecule has 10 heavy (non-hydrogen) atoms. The fourth-order valence-corrected chi connectivity index (χ4v) is 1.46. The van der Waals surface area contributed by atoms with Crippen molar-refractivity contribution in [2.75, 3.05) is 0 Å². The van der Waals surface area contributed by atoms with Crippen molar-refractivity contribution in [2.24, 2.45) is 5.92 Å². The van der Waals surface area contributed by atoms with Gasteiger partial charge in [0.15, 0.2) is 6.29 Å². The Morgan fingerprint density at radius 3 is 2.70 bits per heavy atom. The molecule has 0 radical (unpaired) electrons. The second kappa shape index (κ2) is 4.11. The smallest absolute Gasteiger partial charge is 0.192 e. The molecule has 0 bridgehead atoms. The molecule has 0 aliphatic heterocycles. The zero-order valence-corrected chi connectivity index (χ0v) is 6.10. The number of aldehydes is 1. The van der Waals surface area contributed by atoms with Gasteiger partial charge in [-0.3, -0.25) is 4.79 Å². The van der Waals surface area contributed by atoms with Gasteiger partial charge in [-0.2, -0.15) is 0 Å². The normalized spacial score (nSPS) is 18.0. The third kappa shape index (κ3) is 2.23. The van der Waals surface area contributed by atoms with E-state index < -0.39 is 0 Å². The molecular weight excluding hydrogens is 124 g/mol. The van der Waals surface area contributed by atoms with Crippen molar-refractivity contribution in [3.05, 3.63) is 0 Å². The van der Waals surface area contributed by atoms with Crippen molar-refractivity contribution in [3.8, 4) is 11.8 Å². The molecule has 0 aromatic heterocycles. The van der Waals surface area contributed by atoms with Gasteiger partial charge in [0, 0.05) is 6.42 Å². The van der Waals surface area contributed by atoms with Crippen LogP contribution in [-0.2, 0) is 4.79 Å². The second-order valence-electron chi connectivity index (χ2n) is 2.79. The number of hydrogen-bond acceptors (Lipinski definition) is 1. The van der Waals surface area contributed by atoms with Crippen LogP contribution in [0.15, 0.2) is 0 Å². The molecule has 0 spiro atoms. The van der Waals surface area contributed by atoms with Crippen LogP contribution in [0.2, 0.25) is 0 Å². The molecule has 0 N–H and O–H groups in total. The Bertz CT molecular complexity index is 155. The van der Waals surface area contributed by atoms with Crippen LogP contribution in [-0.4, -0.2) is 6.29 Å². The SMILES string of the molecule is O=CC#CCC1CCCC1. The van der Waals surface area contributed by atoms with Crippen LogP contribution in [0, 0.1) is 17.8 Å². The summed E-state index contributed by atoms with van der Waals surface area (Å²) in [4.78, 5) is 9.81. The molecule has 1 aliphatic rings. The van der Waals surface area contributed by atoms with Gasteiger partial charge in [-0.1, -0.05) is 18.8 Å². The van der Waals surface area contributed by atoms with Crippen molar-refractivity contribution in [3.63, 3.8) is 0 Å². The first-order valence-electron chi connectivity index (χ1n) is 3.85. The maximum Gasteiger partial charge on any atom is 0.192 e. The molecule has 1 saturated carbocycles. The summed E-state index contributed by atoms with van der Waals surface area (Å²) >= 11 is 0. The Labute approximate surface area is 61.8 Å². The van der Waals surface area contributed by atoms with Crippen LogP contribution < -0.4 is 0 Å². The minimum Gasteiger partial charge on any atom is -0.289 e. The largest absolute Gasteiger partial charge is 0.289 e. The van der Waals surface area contributed by atoms with Gasteiger partial charge in [-0.05, 0) is 24.7 Å². The third-order valence-electron chi connectivity index (χ3n) is 2.03. The molecule has 1 nitrogen and oxygen atoms in total. The lowest BCUT2D eigenvalue weighted by Crippen LogP contribution is -1.89. The molecule has 0 unspecified atom stereocenters. The molecule has 0 saturated heterocycles. The average Bonchev–Trinajstić information content (AvgIpc) is 2.41. The van der Waals surface area contributed by atoms with E-state index in [1.165, 1.54) is 25.7 Å². The highest BCUT2D eigenvalue weighted by atomic mass is 16.1. The van der Waals surface area contributed by atoms with Crippen molar-refractivity contribution in [1.82, 2.24) is 0 Å². The fourth-order valence-electron chi connectivity index (χ4n) is 1.46. The van der Waals surface area contributed by atoms with Gasteiger partial charge >= 0.3 is 0 Å². The summed E-state index contributed by atoms with van der Waals surface area (Å²) in [6.45, 7) is 0. The van der Waals surface area contributed by atoms with Crippen molar-refractivity contribution < 1.29 is 4.79 Å². The minimum atomic E-state index is 0.676. The minimum absolute atomic E-state index is 0.676. The Hall–Kier alpha value is -0.770. The van der Waals surface area contributed by atoms with Crippen LogP contribution in [0.25, 0.3) is 0 Å². The van der Waals surface area contributed by atoms with E-state index in [0.717, 1.165) is 12.3 Å². The Kier molecular flexibility index (Phi) is 3.02. The predicted molar refractivity (Wildman–Crippen MR) is 40.4 cm³/mol. The summed E-state index contributed by atoms with van der Waals surface area (Å²) in [5, 5.41) is 0. The number of rotatable bonds is 1. The molecule has 0 amide bonds. The number of carbonyl (C=O) groups is 1. The molecule has 0 heterocycles. The van der Waals surface area contributed by atoms with E-state index in [9.17, 15) is 4.79 Å². The predicted octanol–water partition coefficient (Wildman–Crippen LogP) is 1.77. The lowest BCUT2D eigenvalue weighted by Gasteiger charge is -1.99. The van der Waals surface area contributed by atoms with Crippen molar-refractivity contribution in [1.29, 1.82) is 0 Å². The maximum atomic E-state index is 9.81. The molecule has 0 aromatic rings. The van der Waals surface area contributed by atoms with E-state index in [4.69, 9.17) is 0 Å². The average molecular weight is 136 g/mol. The quantitative estimate of drug-likeness (QED) is 0.396. The van der Waals surface area contributed by atoms with E-state index in [1.807, 2.05) is 0 Å². The summed E-state index contributed by atoms with van der Waals surface area (Å²) in [5.74, 6) is 6.09. The zero-order chi connectivity index (χ0) is 7.23. The summed E-state index contributed by atoms with van der Waals surface area (Å²) in [6, 6.07) is 0. The first-order chi connectivity index (χ1) is 4.93. The number of carbonyl (C=O) groups excluding carboxylic acids is 1. The van der Waals surface area contributed by atoms with Gasteiger partial charge < -0.3 is 0 Å². The highest BCUT2D eigenvalue weighted by Crippen LogP contribution is 2.26. The van der Waals surface area contributed by atoms with Crippen molar-refractivity contribution >= 4 is 6.29 Å². The van der Waals surface area contributed by atoms with Gasteiger partial charge in [0.1, 0.15) is 0 Å².